The van der Waals surface area contributed by atoms with Crippen LogP contribution in [0, 0.1) is 17.0 Å². The highest BCUT2D eigenvalue weighted by atomic mass is 32.1. The van der Waals surface area contributed by atoms with Crippen molar-refractivity contribution in [3.8, 4) is 0 Å². The lowest BCUT2D eigenvalue weighted by Gasteiger charge is -2.41. The Morgan fingerprint density at radius 3 is 2.73 bits per heavy atom. The first-order valence-corrected chi connectivity index (χ1v) is 10.7. The second-order valence-electron chi connectivity index (χ2n) is 7.44. The summed E-state index contributed by atoms with van der Waals surface area (Å²) in [7, 11) is 1.59. The summed E-state index contributed by atoms with van der Waals surface area (Å²) in [5.74, 6) is -2.01. The van der Waals surface area contributed by atoms with Crippen molar-refractivity contribution in [1.82, 2.24) is 4.90 Å². The number of carbonyl (C=O) groups is 2. The van der Waals surface area contributed by atoms with E-state index in [-0.39, 0.29) is 31.0 Å². The van der Waals surface area contributed by atoms with Gasteiger partial charge in [0.1, 0.15) is 11.6 Å². The molecule has 0 spiro atoms. The number of esters is 1. The number of likely N-dealkylation sites (tertiary alicyclic amines) is 1. The number of hydrogen-bond donors (Lipinski definition) is 0. The van der Waals surface area contributed by atoms with Gasteiger partial charge in [-0.15, -0.1) is 11.3 Å². The molecule has 5 nitrogen and oxygen atoms in total. The summed E-state index contributed by atoms with van der Waals surface area (Å²) in [6.45, 7) is 2.95. The molecule has 0 N–H and O–H groups in total. The number of carbonyl (C=O) groups excluding carboxylic acids is 2. The number of nitrogens with zero attached hydrogens (tertiary/aromatic N) is 1. The van der Waals surface area contributed by atoms with Gasteiger partial charge in [-0.05, 0) is 49.9 Å². The van der Waals surface area contributed by atoms with Crippen LogP contribution >= 0.6 is 11.3 Å². The molecule has 1 fully saturated rings. The first-order valence-electron chi connectivity index (χ1n) is 9.86. The summed E-state index contributed by atoms with van der Waals surface area (Å²) in [6.07, 6.45) is 1.09. The van der Waals surface area contributed by atoms with E-state index in [1.807, 2.05) is 6.07 Å². The second kappa shape index (κ2) is 9.66. The highest BCUT2D eigenvalue weighted by Crippen LogP contribution is 2.37. The fourth-order valence-electron chi connectivity index (χ4n) is 3.87. The van der Waals surface area contributed by atoms with Gasteiger partial charge in [0.05, 0.1) is 23.5 Å². The summed E-state index contributed by atoms with van der Waals surface area (Å²) in [4.78, 5) is 29.1. The number of ether oxygens (including phenoxy) is 2. The number of amides is 1. The van der Waals surface area contributed by atoms with Crippen molar-refractivity contribution in [3.05, 3.63) is 57.3 Å². The number of piperidine rings is 1. The maximum Gasteiger partial charge on any atom is 0.314 e. The van der Waals surface area contributed by atoms with Gasteiger partial charge in [-0.25, -0.2) is 8.78 Å². The minimum absolute atomic E-state index is 0.0427. The SMILES string of the molecule is CCOC(=O)[C@]1(Cc2ccc(F)cc2F)CCCN(C(=O)c2ccc(COC)s2)C1. The molecule has 30 heavy (non-hydrogen) atoms. The van der Waals surface area contributed by atoms with E-state index in [0.29, 0.717) is 30.9 Å². The first kappa shape index (κ1) is 22.4. The fraction of sp³-hybridized carbons (Fsp3) is 0.455. The molecular formula is C22H25F2NO4S. The van der Waals surface area contributed by atoms with E-state index >= 15 is 0 Å². The molecule has 3 rings (SSSR count). The molecule has 0 radical (unpaired) electrons. The third-order valence-corrected chi connectivity index (χ3v) is 6.32. The summed E-state index contributed by atoms with van der Waals surface area (Å²) in [6, 6.07) is 6.93. The van der Waals surface area contributed by atoms with Crippen LogP contribution in [0.5, 0.6) is 0 Å². The van der Waals surface area contributed by atoms with Crippen molar-refractivity contribution >= 4 is 23.2 Å². The Morgan fingerprint density at radius 2 is 2.03 bits per heavy atom. The predicted octanol–water partition coefficient (Wildman–Crippen LogP) is 4.20. The standard InChI is InChI=1S/C22H25F2NO4S/c1-3-29-21(27)22(12-15-5-6-16(23)11-18(15)24)9-4-10-25(14-22)20(26)19-8-7-17(30-19)13-28-2/h5-8,11H,3-4,9-10,12-14H2,1-2H3/t22-/m0/s1. The van der Waals surface area contributed by atoms with E-state index in [9.17, 15) is 18.4 Å². The monoisotopic (exact) mass is 437 g/mol. The molecule has 8 heteroatoms. The molecule has 0 unspecified atom stereocenters. The maximum absolute atomic E-state index is 14.3. The topological polar surface area (TPSA) is 55.8 Å². The molecule has 1 aliphatic rings. The Kier molecular flexibility index (Phi) is 7.20. The van der Waals surface area contributed by atoms with Crippen molar-refractivity contribution in [1.29, 1.82) is 0 Å². The van der Waals surface area contributed by atoms with E-state index in [1.165, 1.54) is 23.5 Å². The average molecular weight is 438 g/mol. The molecule has 1 aromatic carbocycles. The number of hydrogen-bond acceptors (Lipinski definition) is 5. The average Bonchev–Trinajstić information content (AvgIpc) is 3.19. The quantitative estimate of drug-likeness (QED) is 0.610. The fourth-order valence-corrected chi connectivity index (χ4v) is 4.82. The first-order chi connectivity index (χ1) is 14.4. The van der Waals surface area contributed by atoms with Crippen molar-refractivity contribution < 1.29 is 27.8 Å². The van der Waals surface area contributed by atoms with Gasteiger partial charge in [-0.1, -0.05) is 6.07 Å². The minimum atomic E-state index is -1.07. The molecule has 2 heterocycles. The molecule has 1 saturated heterocycles. The number of rotatable bonds is 7. The van der Waals surface area contributed by atoms with Crippen molar-refractivity contribution in [2.75, 3.05) is 26.8 Å². The maximum atomic E-state index is 14.3. The van der Waals surface area contributed by atoms with Gasteiger partial charge >= 0.3 is 5.97 Å². The number of methoxy groups -OCH3 is 1. The number of thiophene rings is 1. The Balaban J connectivity index is 1.86. The zero-order valence-corrected chi connectivity index (χ0v) is 17.9. The molecule has 1 amide bonds. The normalized spacial score (nSPS) is 19.0. The highest BCUT2D eigenvalue weighted by Gasteiger charge is 2.45. The molecule has 0 saturated carbocycles. The van der Waals surface area contributed by atoms with Crippen LogP contribution in [-0.2, 0) is 27.3 Å². The highest BCUT2D eigenvalue weighted by molar-refractivity contribution is 7.14. The van der Waals surface area contributed by atoms with E-state index < -0.39 is 23.0 Å². The third-order valence-electron chi connectivity index (χ3n) is 5.28. The van der Waals surface area contributed by atoms with E-state index in [4.69, 9.17) is 9.47 Å². The largest absolute Gasteiger partial charge is 0.466 e. The van der Waals surface area contributed by atoms with Crippen molar-refractivity contribution in [2.45, 2.75) is 32.8 Å². The zero-order chi connectivity index (χ0) is 21.7. The van der Waals surface area contributed by atoms with Crippen molar-refractivity contribution in [2.24, 2.45) is 5.41 Å². The van der Waals surface area contributed by atoms with Gasteiger partial charge in [0.25, 0.3) is 5.91 Å². The molecule has 0 bridgehead atoms. The minimum Gasteiger partial charge on any atom is -0.466 e. The molecule has 0 aliphatic carbocycles. The lowest BCUT2D eigenvalue weighted by Crippen LogP contribution is -2.51. The molecule has 162 valence electrons. The van der Waals surface area contributed by atoms with Crippen LogP contribution < -0.4 is 0 Å². The van der Waals surface area contributed by atoms with E-state index in [1.54, 1.807) is 25.0 Å². The molecule has 1 aromatic heterocycles. The van der Waals surface area contributed by atoms with E-state index in [0.717, 1.165) is 10.9 Å². The number of benzene rings is 1. The van der Waals surface area contributed by atoms with Gasteiger partial charge in [0.2, 0.25) is 0 Å². The van der Waals surface area contributed by atoms with Gasteiger partial charge in [-0.2, -0.15) is 0 Å². The molecule has 2 aromatic rings. The van der Waals surface area contributed by atoms with Gasteiger partial charge in [0, 0.05) is 31.1 Å². The Morgan fingerprint density at radius 1 is 1.23 bits per heavy atom. The Labute approximate surface area is 178 Å². The van der Waals surface area contributed by atoms with Crippen LogP contribution in [0.25, 0.3) is 0 Å². The number of halogens is 2. The zero-order valence-electron chi connectivity index (χ0n) is 17.1. The predicted molar refractivity (Wildman–Crippen MR) is 109 cm³/mol. The summed E-state index contributed by atoms with van der Waals surface area (Å²) >= 11 is 1.35. The van der Waals surface area contributed by atoms with Crippen LogP contribution in [0.3, 0.4) is 0 Å². The van der Waals surface area contributed by atoms with Gasteiger partial charge in [0.15, 0.2) is 0 Å². The Bertz CT molecular complexity index is 916. The summed E-state index contributed by atoms with van der Waals surface area (Å²) < 4.78 is 38.1. The lowest BCUT2D eigenvalue weighted by atomic mass is 9.75. The molecule has 1 aliphatic heterocycles. The smallest absolute Gasteiger partial charge is 0.314 e. The lowest BCUT2D eigenvalue weighted by molar-refractivity contribution is -0.158. The van der Waals surface area contributed by atoms with Crippen LogP contribution in [0.4, 0.5) is 8.78 Å². The Hall–Kier alpha value is -2.32. The van der Waals surface area contributed by atoms with Crippen molar-refractivity contribution in [3.63, 3.8) is 0 Å². The molecule has 1 atom stereocenters. The van der Waals surface area contributed by atoms with Gasteiger partial charge in [-0.3, -0.25) is 9.59 Å². The van der Waals surface area contributed by atoms with Crippen LogP contribution in [0.15, 0.2) is 30.3 Å². The van der Waals surface area contributed by atoms with E-state index in [2.05, 4.69) is 0 Å². The second-order valence-corrected chi connectivity index (χ2v) is 8.61. The molecular weight excluding hydrogens is 412 g/mol. The van der Waals surface area contributed by atoms with Gasteiger partial charge < -0.3 is 14.4 Å². The summed E-state index contributed by atoms with van der Waals surface area (Å²) in [5, 5.41) is 0. The van der Waals surface area contributed by atoms with Crippen LogP contribution in [0.1, 0.15) is 39.9 Å². The summed E-state index contributed by atoms with van der Waals surface area (Å²) in [5.41, 5.74) is -0.841. The third kappa shape index (κ3) is 4.87. The van der Waals surface area contributed by atoms with Crippen LogP contribution in [0.2, 0.25) is 0 Å². The van der Waals surface area contributed by atoms with Crippen LogP contribution in [-0.4, -0.2) is 43.6 Å².